The highest BCUT2D eigenvalue weighted by Gasteiger charge is 2.52. The normalized spacial score (nSPS) is 20.2. The van der Waals surface area contributed by atoms with Crippen LogP contribution in [0.25, 0.3) is 11.2 Å². The number of fused-ring (bicyclic) bond motifs is 1. The molecule has 1 aliphatic rings. The Hall–Kier alpha value is -2.28. The molecule has 0 amide bonds. The highest BCUT2D eigenvalue weighted by atomic mass is 28.4. The number of nitrogens with zero attached hydrogens (tertiary/aromatic N) is 4. The van der Waals surface area contributed by atoms with E-state index in [-0.39, 0.29) is 16.0 Å². The van der Waals surface area contributed by atoms with Gasteiger partial charge in [0.25, 0.3) is 0 Å². The molecular formula is C30H49N5O3Si2. The van der Waals surface area contributed by atoms with Crippen molar-refractivity contribution in [3.8, 4) is 5.88 Å². The lowest BCUT2D eigenvalue weighted by Crippen LogP contribution is -2.42. The molecule has 40 heavy (non-hydrogen) atoms. The summed E-state index contributed by atoms with van der Waals surface area (Å²) in [6.45, 7) is 25.8. The molecule has 2 aromatic heterocycles. The number of anilines is 1. The number of aromatic nitrogens is 4. The fraction of sp³-hybridized carbons (Fsp3) is 0.633. The Bertz CT molecular complexity index is 1260. The van der Waals surface area contributed by atoms with E-state index >= 15 is 0 Å². The van der Waals surface area contributed by atoms with Gasteiger partial charge >= 0.3 is 0 Å². The maximum absolute atomic E-state index is 6.70. The van der Waals surface area contributed by atoms with Gasteiger partial charge in [-0.15, -0.1) is 0 Å². The molecule has 0 aliphatic heterocycles. The predicted octanol–water partition coefficient (Wildman–Crippen LogP) is 6.89. The smallest absolute Gasteiger partial charge is 0.247 e. The van der Waals surface area contributed by atoms with Crippen LogP contribution in [0.15, 0.2) is 36.7 Å². The van der Waals surface area contributed by atoms with E-state index < -0.39 is 16.6 Å². The van der Waals surface area contributed by atoms with Gasteiger partial charge in [-0.1, -0.05) is 71.9 Å². The second kappa shape index (κ2) is 11.2. The zero-order valence-electron chi connectivity index (χ0n) is 26.1. The monoisotopic (exact) mass is 583 g/mol. The van der Waals surface area contributed by atoms with Crippen LogP contribution >= 0.6 is 0 Å². The van der Waals surface area contributed by atoms with Gasteiger partial charge in [0, 0.05) is 19.8 Å². The van der Waals surface area contributed by atoms with Gasteiger partial charge < -0.3 is 23.9 Å². The molecule has 1 fully saturated rings. The van der Waals surface area contributed by atoms with Crippen molar-refractivity contribution in [2.75, 3.05) is 18.9 Å². The van der Waals surface area contributed by atoms with E-state index in [0.717, 1.165) is 25.3 Å². The summed E-state index contributed by atoms with van der Waals surface area (Å²) >= 11 is 0. The van der Waals surface area contributed by atoms with E-state index in [1.165, 1.54) is 0 Å². The van der Waals surface area contributed by atoms with Crippen LogP contribution in [0.2, 0.25) is 36.3 Å². The maximum atomic E-state index is 6.70. The number of nitrogen functional groups attached to an aromatic ring is 1. The van der Waals surface area contributed by atoms with Gasteiger partial charge in [-0.25, -0.2) is 4.98 Å². The van der Waals surface area contributed by atoms with Crippen LogP contribution in [0.3, 0.4) is 0 Å². The fourth-order valence-corrected chi connectivity index (χ4v) is 6.54. The van der Waals surface area contributed by atoms with E-state index in [2.05, 4.69) is 87.2 Å². The van der Waals surface area contributed by atoms with Crippen LogP contribution in [0.4, 0.5) is 5.95 Å². The van der Waals surface area contributed by atoms with Gasteiger partial charge in [-0.3, -0.25) is 0 Å². The topological polar surface area (TPSA) is 97.3 Å². The lowest BCUT2D eigenvalue weighted by atomic mass is 10.2. The van der Waals surface area contributed by atoms with Crippen molar-refractivity contribution in [2.24, 2.45) is 17.8 Å². The standard InChI is InChI=1S/C30H49N5O3Si2/c1-29(2,3)39(7,8)37-18-23-22(24(23)19-38-40(9,10)30(4,5)6)16-35-20-32-25-26(35)33-28(31)34-27(25)36-17-21-14-12-11-13-15-21/h11-15,20,22-24H,16-19H2,1-10H3,(H2,31,33,34)/t23-,24-/m0/s1. The summed E-state index contributed by atoms with van der Waals surface area (Å²) in [5.74, 6) is 1.88. The number of nitrogens with two attached hydrogens (primary N) is 1. The predicted molar refractivity (Wildman–Crippen MR) is 167 cm³/mol. The van der Waals surface area contributed by atoms with Crippen molar-refractivity contribution in [2.45, 2.75) is 91.0 Å². The van der Waals surface area contributed by atoms with E-state index in [9.17, 15) is 0 Å². The third-order valence-electron chi connectivity index (χ3n) is 9.47. The highest BCUT2D eigenvalue weighted by molar-refractivity contribution is 6.74. The van der Waals surface area contributed by atoms with Crippen molar-refractivity contribution in [3.63, 3.8) is 0 Å². The number of hydrogen-bond acceptors (Lipinski definition) is 7. The Labute approximate surface area is 242 Å². The third-order valence-corrected chi connectivity index (χ3v) is 18.5. The summed E-state index contributed by atoms with van der Waals surface area (Å²) in [5.41, 5.74) is 8.51. The molecule has 220 valence electrons. The van der Waals surface area contributed by atoms with E-state index in [1.54, 1.807) is 0 Å². The summed E-state index contributed by atoms with van der Waals surface area (Å²) in [4.78, 5) is 13.6. The Morgan fingerprint density at radius 2 is 1.38 bits per heavy atom. The molecule has 0 spiro atoms. The molecular weight excluding hydrogens is 535 g/mol. The van der Waals surface area contributed by atoms with Gasteiger partial charge in [-0.05, 0) is 59.6 Å². The van der Waals surface area contributed by atoms with Crippen LogP contribution in [-0.4, -0.2) is 49.4 Å². The molecule has 0 saturated heterocycles. The summed E-state index contributed by atoms with van der Waals surface area (Å²) in [7, 11) is -3.71. The molecule has 2 heterocycles. The summed E-state index contributed by atoms with van der Waals surface area (Å²) < 4.78 is 21.5. The first-order chi connectivity index (χ1) is 18.5. The molecule has 0 unspecified atom stereocenters. The summed E-state index contributed by atoms with van der Waals surface area (Å²) in [6.07, 6.45) is 1.84. The summed E-state index contributed by atoms with van der Waals surface area (Å²) in [6, 6.07) is 10.0. The number of benzene rings is 1. The van der Waals surface area contributed by atoms with Crippen molar-refractivity contribution >= 4 is 33.7 Å². The maximum Gasteiger partial charge on any atom is 0.247 e. The SMILES string of the molecule is CC(C)(C)[Si](C)(C)OC[C@H]1C(Cn2cnc3c(OCc4ccccc4)nc(N)nc32)[C@@H]1CO[Si](C)(C)C(C)(C)C. The van der Waals surface area contributed by atoms with Gasteiger partial charge in [-0.2, -0.15) is 9.97 Å². The van der Waals surface area contributed by atoms with Crippen molar-refractivity contribution in [3.05, 3.63) is 42.2 Å². The fourth-order valence-electron chi connectivity index (χ4n) is 4.45. The molecule has 0 bridgehead atoms. The van der Waals surface area contributed by atoms with Crippen LogP contribution < -0.4 is 10.5 Å². The molecule has 2 N–H and O–H groups in total. The van der Waals surface area contributed by atoms with Gasteiger partial charge in [0.1, 0.15) is 6.61 Å². The molecule has 2 atom stereocenters. The average Bonchev–Trinajstić information content (AvgIpc) is 3.36. The van der Waals surface area contributed by atoms with Crippen LogP contribution in [-0.2, 0) is 22.0 Å². The second-order valence-corrected chi connectivity index (χ2v) is 24.0. The molecule has 4 rings (SSSR count). The highest BCUT2D eigenvalue weighted by Crippen LogP contribution is 2.50. The molecule has 0 radical (unpaired) electrons. The van der Waals surface area contributed by atoms with E-state index in [0.29, 0.717) is 41.4 Å². The molecule has 1 saturated carbocycles. The van der Waals surface area contributed by atoms with Crippen LogP contribution in [0.5, 0.6) is 5.88 Å². The number of hydrogen-bond donors (Lipinski definition) is 1. The average molecular weight is 584 g/mol. The molecule has 1 aliphatic carbocycles. The second-order valence-electron chi connectivity index (χ2n) is 14.4. The quantitative estimate of drug-likeness (QED) is 0.245. The number of ether oxygens (including phenoxy) is 1. The Morgan fingerprint density at radius 1 is 0.825 bits per heavy atom. The van der Waals surface area contributed by atoms with E-state index in [1.807, 2.05) is 36.7 Å². The number of rotatable bonds is 11. The molecule has 10 heteroatoms. The third kappa shape index (κ3) is 6.78. The van der Waals surface area contributed by atoms with Gasteiger partial charge in [0.2, 0.25) is 11.8 Å². The Balaban J connectivity index is 1.52. The number of imidazole rings is 1. The van der Waals surface area contributed by atoms with Crippen molar-refractivity contribution in [1.82, 2.24) is 19.5 Å². The van der Waals surface area contributed by atoms with E-state index in [4.69, 9.17) is 19.3 Å². The molecule has 1 aromatic carbocycles. The first kappa shape index (κ1) is 30.7. The Kier molecular flexibility index (Phi) is 8.58. The zero-order chi connectivity index (χ0) is 29.5. The Morgan fingerprint density at radius 3 is 1.90 bits per heavy atom. The minimum Gasteiger partial charge on any atom is -0.471 e. The largest absolute Gasteiger partial charge is 0.471 e. The van der Waals surface area contributed by atoms with Gasteiger partial charge in [0.05, 0.1) is 6.33 Å². The summed E-state index contributed by atoms with van der Waals surface area (Å²) in [5, 5.41) is 0.353. The lowest BCUT2D eigenvalue weighted by Gasteiger charge is -2.37. The molecule has 8 nitrogen and oxygen atoms in total. The van der Waals surface area contributed by atoms with Gasteiger partial charge in [0.15, 0.2) is 27.8 Å². The zero-order valence-corrected chi connectivity index (χ0v) is 28.1. The minimum absolute atomic E-state index is 0.176. The first-order valence-corrected chi connectivity index (χ1v) is 20.2. The minimum atomic E-state index is -1.86. The van der Waals surface area contributed by atoms with Crippen LogP contribution in [0, 0.1) is 17.8 Å². The van der Waals surface area contributed by atoms with Crippen molar-refractivity contribution in [1.29, 1.82) is 0 Å². The van der Waals surface area contributed by atoms with Crippen molar-refractivity contribution < 1.29 is 13.6 Å². The first-order valence-electron chi connectivity index (χ1n) is 14.4. The molecule has 3 aromatic rings. The lowest BCUT2D eigenvalue weighted by molar-refractivity contribution is 0.233. The van der Waals surface area contributed by atoms with Crippen LogP contribution in [0.1, 0.15) is 47.1 Å².